The summed E-state index contributed by atoms with van der Waals surface area (Å²) in [5.41, 5.74) is 2.35. The van der Waals surface area contributed by atoms with Gasteiger partial charge in [0.15, 0.2) is 0 Å². The second-order valence-electron chi connectivity index (χ2n) is 6.82. The molecule has 0 spiro atoms. The Labute approximate surface area is 173 Å². The third kappa shape index (κ3) is 3.71. The van der Waals surface area contributed by atoms with Gasteiger partial charge in [-0.25, -0.2) is 0 Å². The zero-order chi connectivity index (χ0) is 20.4. The van der Waals surface area contributed by atoms with E-state index in [-0.39, 0.29) is 5.57 Å². The molecule has 0 atom stereocenters. The fraction of sp³-hybridized carbons (Fsp3) is 0.0400. The van der Waals surface area contributed by atoms with Crippen molar-refractivity contribution in [3.05, 3.63) is 94.5 Å². The van der Waals surface area contributed by atoms with E-state index in [0.29, 0.717) is 10.7 Å². The van der Waals surface area contributed by atoms with Crippen molar-refractivity contribution in [2.45, 2.75) is 6.92 Å². The van der Waals surface area contributed by atoms with Gasteiger partial charge in [0, 0.05) is 10.7 Å². The number of nitriles is 1. The molecular formula is C25H17ClN2O. The fourth-order valence-corrected chi connectivity index (χ4v) is 3.59. The number of hydrogen-bond acceptors (Lipinski definition) is 2. The predicted molar refractivity (Wildman–Crippen MR) is 120 cm³/mol. The number of amides is 1. The molecule has 4 rings (SSSR count). The molecule has 1 N–H and O–H groups in total. The van der Waals surface area contributed by atoms with Gasteiger partial charge in [-0.3, -0.25) is 4.79 Å². The SMILES string of the molecule is Cc1ccc(Cl)cc1NC(=O)/C(C#N)=C/c1c2ccccc2cc2ccccc12. The summed E-state index contributed by atoms with van der Waals surface area (Å²) in [6.07, 6.45) is 1.67. The van der Waals surface area contributed by atoms with Crippen LogP contribution in [0.15, 0.2) is 78.4 Å². The first kappa shape index (κ1) is 18.7. The number of hydrogen-bond donors (Lipinski definition) is 1. The summed E-state index contributed by atoms with van der Waals surface area (Å²) in [6, 6.07) is 25.3. The topological polar surface area (TPSA) is 52.9 Å². The molecular weight excluding hydrogens is 380 g/mol. The quantitative estimate of drug-likeness (QED) is 0.244. The van der Waals surface area contributed by atoms with Crippen molar-refractivity contribution in [3.63, 3.8) is 0 Å². The van der Waals surface area contributed by atoms with Crippen LogP contribution in [0.4, 0.5) is 5.69 Å². The van der Waals surface area contributed by atoms with E-state index in [1.807, 2.05) is 61.5 Å². The van der Waals surface area contributed by atoms with Crippen molar-refractivity contribution in [1.29, 1.82) is 5.26 Å². The summed E-state index contributed by atoms with van der Waals surface area (Å²) in [5.74, 6) is -0.463. The molecule has 0 aliphatic carbocycles. The molecule has 0 aromatic heterocycles. The second kappa shape index (κ2) is 7.79. The van der Waals surface area contributed by atoms with Crippen LogP contribution in [0.5, 0.6) is 0 Å². The maximum absolute atomic E-state index is 12.8. The summed E-state index contributed by atoms with van der Waals surface area (Å²) in [7, 11) is 0. The lowest BCUT2D eigenvalue weighted by Gasteiger charge is -2.10. The van der Waals surface area contributed by atoms with Crippen LogP contribution in [0.2, 0.25) is 5.02 Å². The average molecular weight is 397 g/mol. The van der Waals surface area contributed by atoms with E-state index < -0.39 is 5.91 Å². The van der Waals surface area contributed by atoms with Gasteiger partial charge in [-0.05, 0) is 63.9 Å². The monoisotopic (exact) mass is 396 g/mol. The molecule has 0 heterocycles. The molecule has 4 heteroatoms. The number of carbonyl (C=O) groups is 1. The first-order valence-electron chi connectivity index (χ1n) is 9.16. The van der Waals surface area contributed by atoms with Crippen molar-refractivity contribution in [2.24, 2.45) is 0 Å². The van der Waals surface area contributed by atoms with Gasteiger partial charge >= 0.3 is 0 Å². The first-order chi connectivity index (χ1) is 14.1. The standard InChI is InChI=1S/C25H17ClN2O/c1-16-10-11-20(26)14-24(16)28-25(29)19(15-27)13-23-21-8-4-2-6-17(21)12-18-7-3-5-9-22(18)23/h2-14H,1H3,(H,28,29)/b19-13+. The molecule has 0 aliphatic heterocycles. The van der Waals surface area contributed by atoms with Gasteiger partial charge in [-0.15, -0.1) is 0 Å². The van der Waals surface area contributed by atoms with Crippen LogP contribution in [0, 0.1) is 18.3 Å². The Balaban J connectivity index is 1.84. The van der Waals surface area contributed by atoms with E-state index in [9.17, 15) is 10.1 Å². The predicted octanol–water partition coefficient (Wildman–Crippen LogP) is 6.50. The zero-order valence-electron chi connectivity index (χ0n) is 15.7. The van der Waals surface area contributed by atoms with Gasteiger partial charge in [0.25, 0.3) is 5.91 Å². The highest BCUT2D eigenvalue weighted by molar-refractivity contribution is 6.31. The number of aryl methyl sites for hydroxylation is 1. The van der Waals surface area contributed by atoms with Gasteiger partial charge in [-0.2, -0.15) is 5.26 Å². The lowest BCUT2D eigenvalue weighted by atomic mass is 9.95. The van der Waals surface area contributed by atoms with Gasteiger partial charge < -0.3 is 5.32 Å². The summed E-state index contributed by atoms with van der Waals surface area (Å²) in [5, 5.41) is 17.1. The fourth-order valence-electron chi connectivity index (χ4n) is 3.42. The third-order valence-corrected chi connectivity index (χ3v) is 5.15. The number of fused-ring (bicyclic) bond motifs is 2. The lowest BCUT2D eigenvalue weighted by Crippen LogP contribution is -2.14. The molecule has 0 fully saturated rings. The highest BCUT2D eigenvalue weighted by Gasteiger charge is 2.14. The van der Waals surface area contributed by atoms with E-state index >= 15 is 0 Å². The number of nitrogens with one attached hydrogen (secondary N) is 1. The van der Waals surface area contributed by atoms with Crippen molar-refractivity contribution in [1.82, 2.24) is 0 Å². The maximum Gasteiger partial charge on any atom is 0.266 e. The highest BCUT2D eigenvalue weighted by atomic mass is 35.5. The van der Waals surface area contributed by atoms with Crippen LogP contribution in [0.1, 0.15) is 11.1 Å². The molecule has 3 nitrogen and oxygen atoms in total. The van der Waals surface area contributed by atoms with E-state index in [1.54, 1.807) is 18.2 Å². The molecule has 140 valence electrons. The molecule has 0 saturated carbocycles. The van der Waals surface area contributed by atoms with Gasteiger partial charge in [0.05, 0.1) is 0 Å². The summed E-state index contributed by atoms with van der Waals surface area (Å²) in [6.45, 7) is 1.87. The Kier molecular flexibility index (Phi) is 5.03. The van der Waals surface area contributed by atoms with Crippen LogP contribution >= 0.6 is 11.6 Å². The molecule has 0 saturated heterocycles. The molecule has 29 heavy (non-hydrogen) atoms. The number of rotatable bonds is 3. The van der Waals surface area contributed by atoms with Crippen LogP contribution in [0.25, 0.3) is 27.6 Å². The van der Waals surface area contributed by atoms with Crippen molar-refractivity contribution < 1.29 is 4.79 Å². The minimum atomic E-state index is -0.463. The Bertz CT molecular complexity index is 1280. The van der Waals surface area contributed by atoms with Gasteiger partial charge in [0.1, 0.15) is 11.6 Å². The smallest absolute Gasteiger partial charge is 0.266 e. The Morgan fingerprint density at radius 2 is 1.59 bits per heavy atom. The normalized spacial score (nSPS) is 11.4. The van der Waals surface area contributed by atoms with E-state index in [2.05, 4.69) is 17.5 Å². The third-order valence-electron chi connectivity index (χ3n) is 4.91. The lowest BCUT2D eigenvalue weighted by molar-refractivity contribution is -0.112. The molecule has 0 unspecified atom stereocenters. The first-order valence-corrected chi connectivity index (χ1v) is 9.54. The number of nitrogens with zero attached hydrogens (tertiary/aromatic N) is 1. The highest BCUT2D eigenvalue weighted by Crippen LogP contribution is 2.30. The van der Waals surface area contributed by atoms with Crippen molar-refractivity contribution >= 4 is 50.8 Å². The summed E-state index contributed by atoms with van der Waals surface area (Å²) >= 11 is 6.04. The van der Waals surface area contributed by atoms with E-state index in [0.717, 1.165) is 32.7 Å². The largest absolute Gasteiger partial charge is 0.321 e. The number of benzene rings is 4. The maximum atomic E-state index is 12.8. The van der Waals surface area contributed by atoms with Crippen LogP contribution in [0.3, 0.4) is 0 Å². The van der Waals surface area contributed by atoms with Crippen molar-refractivity contribution in [2.75, 3.05) is 5.32 Å². The summed E-state index contributed by atoms with van der Waals surface area (Å²) in [4.78, 5) is 12.8. The Morgan fingerprint density at radius 3 is 2.21 bits per heavy atom. The number of halogens is 1. The molecule has 4 aromatic rings. The van der Waals surface area contributed by atoms with Crippen molar-refractivity contribution in [3.8, 4) is 6.07 Å². The van der Waals surface area contributed by atoms with E-state index in [1.165, 1.54) is 0 Å². The van der Waals surface area contributed by atoms with E-state index in [4.69, 9.17) is 11.6 Å². The van der Waals surface area contributed by atoms with Crippen LogP contribution in [-0.4, -0.2) is 5.91 Å². The minimum absolute atomic E-state index is 0.0332. The van der Waals surface area contributed by atoms with Crippen LogP contribution in [-0.2, 0) is 4.79 Å². The molecule has 0 bridgehead atoms. The number of carbonyl (C=O) groups excluding carboxylic acids is 1. The Morgan fingerprint density at radius 1 is 0.966 bits per heavy atom. The zero-order valence-corrected chi connectivity index (χ0v) is 16.5. The average Bonchev–Trinajstić information content (AvgIpc) is 2.73. The Hall–Kier alpha value is -3.61. The number of anilines is 1. The molecule has 0 radical (unpaired) electrons. The van der Waals surface area contributed by atoms with Gasteiger partial charge in [-0.1, -0.05) is 66.2 Å². The van der Waals surface area contributed by atoms with Gasteiger partial charge in [0.2, 0.25) is 0 Å². The summed E-state index contributed by atoms with van der Waals surface area (Å²) < 4.78 is 0. The molecule has 0 aliphatic rings. The minimum Gasteiger partial charge on any atom is -0.321 e. The van der Waals surface area contributed by atoms with Crippen LogP contribution < -0.4 is 5.32 Å². The molecule has 4 aromatic carbocycles. The molecule has 1 amide bonds. The second-order valence-corrected chi connectivity index (χ2v) is 7.25.